The van der Waals surface area contributed by atoms with Crippen LogP contribution < -0.4 is 5.32 Å². The van der Waals surface area contributed by atoms with Crippen molar-refractivity contribution in [2.75, 3.05) is 11.9 Å². The largest absolute Gasteiger partial charge is 0.356 e. The normalized spacial score (nSPS) is 18.5. The average molecular weight is 293 g/mol. The zero-order chi connectivity index (χ0) is 14.8. The number of ether oxygens (including phenoxy) is 1. The van der Waals surface area contributed by atoms with Crippen LogP contribution in [-0.4, -0.2) is 16.4 Å². The summed E-state index contributed by atoms with van der Waals surface area (Å²) in [7, 11) is 0. The number of aromatic nitrogens is 2. The van der Waals surface area contributed by atoms with Crippen molar-refractivity contribution in [3.63, 3.8) is 0 Å². The van der Waals surface area contributed by atoms with Crippen molar-refractivity contribution in [2.24, 2.45) is 0 Å². The Morgan fingerprint density at radius 2 is 1.82 bits per heavy atom. The van der Waals surface area contributed by atoms with Gasteiger partial charge in [0.05, 0.1) is 5.52 Å². The van der Waals surface area contributed by atoms with Crippen LogP contribution in [0.1, 0.15) is 25.5 Å². The molecule has 0 bridgehead atoms. The predicted octanol–water partition coefficient (Wildman–Crippen LogP) is 4.48. The molecule has 1 aliphatic rings. The fourth-order valence-corrected chi connectivity index (χ4v) is 2.98. The van der Waals surface area contributed by atoms with Crippen LogP contribution in [0.15, 0.2) is 54.6 Å². The monoisotopic (exact) mass is 293 g/mol. The summed E-state index contributed by atoms with van der Waals surface area (Å²) in [5.74, 6) is 0.885. The maximum Gasteiger partial charge on any atom is 0.160 e. The first-order valence-electron chi connectivity index (χ1n) is 7.83. The van der Waals surface area contributed by atoms with Gasteiger partial charge in [-0.25, -0.2) is 4.68 Å². The molecular formula is C18H19N3O. The second-order valence-electron chi connectivity index (χ2n) is 5.62. The minimum absolute atomic E-state index is 0.0463. The molecule has 1 unspecified atom stereocenters. The smallest absolute Gasteiger partial charge is 0.160 e. The number of nitrogens with one attached hydrogen (secondary N) is 1. The summed E-state index contributed by atoms with van der Waals surface area (Å²) in [6.07, 6.45) is 3.41. The molecule has 1 fully saturated rings. The Labute approximate surface area is 129 Å². The van der Waals surface area contributed by atoms with Gasteiger partial charge >= 0.3 is 0 Å². The van der Waals surface area contributed by atoms with Gasteiger partial charge in [-0.05, 0) is 43.5 Å². The van der Waals surface area contributed by atoms with Gasteiger partial charge in [-0.1, -0.05) is 30.3 Å². The second-order valence-corrected chi connectivity index (χ2v) is 5.62. The summed E-state index contributed by atoms with van der Waals surface area (Å²) in [5, 5.41) is 9.33. The first-order valence-corrected chi connectivity index (χ1v) is 7.83. The van der Waals surface area contributed by atoms with E-state index in [1.165, 1.54) is 6.42 Å². The SMILES string of the molecule is c1ccc(Nc2nn(C3CCCCO3)c3ccccc23)cc1. The quantitative estimate of drug-likeness (QED) is 0.774. The molecule has 4 rings (SSSR count). The van der Waals surface area contributed by atoms with Crippen LogP contribution in [0.4, 0.5) is 11.5 Å². The van der Waals surface area contributed by atoms with E-state index in [1.807, 2.05) is 41.1 Å². The van der Waals surface area contributed by atoms with Crippen molar-refractivity contribution >= 4 is 22.4 Å². The number of anilines is 2. The molecule has 0 saturated carbocycles. The summed E-state index contributed by atoms with van der Waals surface area (Å²) >= 11 is 0. The van der Waals surface area contributed by atoms with Gasteiger partial charge in [0.2, 0.25) is 0 Å². The summed E-state index contributed by atoms with van der Waals surface area (Å²) in [6, 6.07) is 18.5. The Morgan fingerprint density at radius 3 is 2.64 bits per heavy atom. The highest BCUT2D eigenvalue weighted by molar-refractivity contribution is 5.91. The first kappa shape index (κ1) is 13.3. The Balaban J connectivity index is 1.75. The number of nitrogens with zero attached hydrogens (tertiary/aromatic N) is 2. The Morgan fingerprint density at radius 1 is 1.00 bits per heavy atom. The highest BCUT2D eigenvalue weighted by Crippen LogP contribution is 2.31. The molecule has 1 saturated heterocycles. The lowest BCUT2D eigenvalue weighted by molar-refractivity contribution is -0.0365. The third kappa shape index (κ3) is 2.46. The van der Waals surface area contributed by atoms with Crippen molar-refractivity contribution < 1.29 is 4.74 Å². The predicted molar refractivity (Wildman–Crippen MR) is 88.3 cm³/mol. The molecule has 1 aromatic heterocycles. The number of para-hydroxylation sites is 2. The van der Waals surface area contributed by atoms with Crippen LogP contribution >= 0.6 is 0 Å². The van der Waals surface area contributed by atoms with E-state index in [0.717, 1.165) is 41.9 Å². The van der Waals surface area contributed by atoms with Crippen molar-refractivity contribution in [3.8, 4) is 0 Å². The van der Waals surface area contributed by atoms with Crippen LogP contribution in [0.5, 0.6) is 0 Å². The van der Waals surface area contributed by atoms with E-state index in [9.17, 15) is 0 Å². The number of hydrogen-bond acceptors (Lipinski definition) is 3. The topological polar surface area (TPSA) is 39.1 Å². The van der Waals surface area contributed by atoms with Crippen molar-refractivity contribution in [3.05, 3.63) is 54.6 Å². The maximum atomic E-state index is 5.91. The molecule has 4 heteroatoms. The maximum absolute atomic E-state index is 5.91. The van der Waals surface area contributed by atoms with E-state index < -0.39 is 0 Å². The lowest BCUT2D eigenvalue weighted by atomic mass is 10.2. The Kier molecular flexibility index (Phi) is 3.52. The molecule has 0 aliphatic carbocycles. The Hall–Kier alpha value is -2.33. The number of fused-ring (bicyclic) bond motifs is 1. The first-order chi connectivity index (χ1) is 10.9. The summed E-state index contributed by atoms with van der Waals surface area (Å²) in [6.45, 7) is 0.820. The number of rotatable bonds is 3. The van der Waals surface area contributed by atoms with Crippen LogP contribution in [-0.2, 0) is 4.74 Å². The van der Waals surface area contributed by atoms with E-state index >= 15 is 0 Å². The molecule has 2 aromatic carbocycles. The van der Waals surface area contributed by atoms with Crippen LogP contribution in [0, 0.1) is 0 Å². The molecule has 112 valence electrons. The molecular weight excluding hydrogens is 274 g/mol. The van der Waals surface area contributed by atoms with Gasteiger partial charge in [-0.3, -0.25) is 0 Å². The van der Waals surface area contributed by atoms with Crippen molar-refractivity contribution in [2.45, 2.75) is 25.5 Å². The van der Waals surface area contributed by atoms with E-state index in [1.54, 1.807) is 0 Å². The number of benzene rings is 2. The zero-order valence-corrected chi connectivity index (χ0v) is 12.4. The zero-order valence-electron chi connectivity index (χ0n) is 12.4. The van der Waals surface area contributed by atoms with Gasteiger partial charge in [0.1, 0.15) is 0 Å². The van der Waals surface area contributed by atoms with E-state index in [0.29, 0.717) is 0 Å². The van der Waals surface area contributed by atoms with E-state index in [-0.39, 0.29) is 6.23 Å². The van der Waals surface area contributed by atoms with Gasteiger partial charge in [-0.15, -0.1) is 0 Å². The molecule has 0 spiro atoms. The van der Waals surface area contributed by atoms with Crippen LogP contribution in [0.25, 0.3) is 10.9 Å². The summed E-state index contributed by atoms with van der Waals surface area (Å²) in [5.41, 5.74) is 2.16. The fraction of sp³-hybridized carbons (Fsp3) is 0.278. The van der Waals surface area contributed by atoms with E-state index in [4.69, 9.17) is 9.84 Å². The Bertz CT molecular complexity index is 760. The van der Waals surface area contributed by atoms with Gasteiger partial charge < -0.3 is 10.1 Å². The summed E-state index contributed by atoms with van der Waals surface area (Å²) < 4.78 is 7.94. The molecule has 22 heavy (non-hydrogen) atoms. The standard InChI is InChI=1S/C18H19N3O/c1-2-8-14(9-3-1)19-18-15-10-4-5-11-16(15)21(20-18)17-12-6-7-13-22-17/h1-5,8-11,17H,6-7,12-13H2,(H,19,20). The number of hydrogen-bond donors (Lipinski definition) is 1. The molecule has 3 aromatic rings. The van der Waals surface area contributed by atoms with Gasteiger partial charge in [0.25, 0.3) is 0 Å². The molecule has 1 aliphatic heterocycles. The highest BCUT2D eigenvalue weighted by Gasteiger charge is 2.20. The third-order valence-corrected chi connectivity index (χ3v) is 4.08. The summed E-state index contributed by atoms with van der Waals surface area (Å²) in [4.78, 5) is 0. The molecule has 0 radical (unpaired) electrons. The molecule has 2 heterocycles. The van der Waals surface area contributed by atoms with Gasteiger partial charge in [0, 0.05) is 17.7 Å². The molecule has 4 nitrogen and oxygen atoms in total. The molecule has 0 amide bonds. The van der Waals surface area contributed by atoms with Crippen molar-refractivity contribution in [1.82, 2.24) is 9.78 Å². The fourth-order valence-electron chi connectivity index (χ4n) is 2.98. The van der Waals surface area contributed by atoms with Gasteiger partial charge in [-0.2, -0.15) is 5.10 Å². The highest BCUT2D eigenvalue weighted by atomic mass is 16.5. The minimum Gasteiger partial charge on any atom is -0.356 e. The molecule has 1 atom stereocenters. The van der Waals surface area contributed by atoms with E-state index in [2.05, 4.69) is 23.5 Å². The van der Waals surface area contributed by atoms with Crippen molar-refractivity contribution in [1.29, 1.82) is 0 Å². The van der Waals surface area contributed by atoms with Crippen LogP contribution in [0.3, 0.4) is 0 Å². The minimum atomic E-state index is 0.0463. The molecule has 1 N–H and O–H groups in total. The average Bonchev–Trinajstić information content (AvgIpc) is 2.96. The van der Waals surface area contributed by atoms with Crippen LogP contribution in [0.2, 0.25) is 0 Å². The third-order valence-electron chi connectivity index (χ3n) is 4.08. The lowest BCUT2D eigenvalue weighted by Gasteiger charge is -2.23. The van der Waals surface area contributed by atoms with Gasteiger partial charge in [0.15, 0.2) is 12.0 Å². The second kappa shape index (κ2) is 5.81. The lowest BCUT2D eigenvalue weighted by Crippen LogP contribution is -2.19.